The third-order valence-electron chi connectivity index (χ3n) is 5.21. The lowest BCUT2D eigenvalue weighted by Crippen LogP contribution is -2.35. The number of hydrogen-bond donors (Lipinski definition) is 0. The molecule has 6 heteroatoms. The molecule has 23 heavy (non-hydrogen) atoms. The van der Waals surface area contributed by atoms with Crippen LogP contribution in [0.2, 0.25) is 0 Å². The van der Waals surface area contributed by atoms with E-state index in [1.165, 1.54) is 32.1 Å². The number of aromatic nitrogens is 2. The van der Waals surface area contributed by atoms with E-state index < -0.39 is 9.84 Å². The van der Waals surface area contributed by atoms with Gasteiger partial charge in [0.1, 0.15) is 5.82 Å². The summed E-state index contributed by atoms with van der Waals surface area (Å²) >= 11 is 0. The van der Waals surface area contributed by atoms with Gasteiger partial charge in [-0.1, -0.05) is 26.2 Å². The summed E-state index contributed by atoms with van der Waals surface area (Å²) in [6.45, 7) is 3.67. The second-order valence-corrected chi connectivity index (χ2v) is 9.13. The van der Waals surface area contributed by atoms with E-state index in [0.717, 1.165) is 30.9 Å². The predicted molar refractivity (Wildman–Crippen MR) is 91.0 cm³/mol. The minimum absolute atomic E-state index is 0.142. The second-order valence-electron chi connectivity index (χ2n) is 6.90. The van der Waals surface area contributed by atoms with Crippen LogP contribution in [0.3, 0.4) is 0 Å². The molecular formula is C17H27N3O2S. The Bertz CT molecular complexity index is 609. The summed E-state index contributed by atoms with van der Waals surface area (Å²) in [4.78, 5) is 11.4. The fraction of sp³-hybridized carbons (Fsp3) is 0.765. The Morgan fingerprint density at radius 1 is 1.13 bits per heavy atom. The number of sulfone groups is 1. The fourth-order valence-electron chi connectivity index (χ4n) is 3.81. The van der Waals surface area contributed by atoms with Crippen molar-refractivity contribution in [2.45, 2.75) is 64.0 Å². The molecule has 0 N–H and O–H groups in total. The van der Waals surface area contributed by atoms with E-state index in [1.54, 1.807) is 0 Å². The Labute approximate surface area is 139 Å². The van der Waals surface area contributed by atoms with Crippen molar-refractivity contribution in [3.63, 3.8) is 0 Å². The highest BCUT2D eigenvalue weighted by molar-refractivity contribution is 7.91. The minimum Gasteiger partial charge on any atom is -0.295 e. The van der Waals surface area contributed by atoms with Gasteiger partial charge in [-0.05, 0) is 25.8 Å². The first-order valence-electron chi connectivity index (χ1n) is 8.82. The summed E-state index contributed by atoms with van der Waals surface area (Å²) in [6.07, 6.45) is 10.9. The molecule has 2 heterocycles. The predicted octanol–water partition coefficient (Wildman–Crippen LogP) is 2.53. The molecule has 1 aromatic heterocycles. The summed E-state index contributed by atoms with van der Waals surface area (Å²) < 4.78 is 23.4. The summed E-state index contributed by atoms with van der Waals surface area (Å²) in [7, 11) is -2.84. The van der Waals surface area contributed by atoms with E-state index in [0.29, 0.717) is 17.4 Å². The zero-order valence-electron chi connectivity index (χ0n) is 13.9. The third kappa shape index (κ3) is 4.29. The van der Waals surface area contributed by atoms with Gasteiger partial charge in [0.15, 0.2) is 9.84 Å². The van der Waals surface area contributed by atoms with Crippen LogP contribution in [-0.2, 0) is 16.4 Å². The fourth-order valence-corrected chi connectivity index (χ4v) is 5.58. The molecule has 1 saturated carbocycles. The second kappa shape index (κ2) is 7.26. The lowest BCUT2D eigenvalue weighted by molar-refractivity contribution is 0.214. The molecule has 1 aromatic rings. The van der Waals surface area contributed by atoms with Gasteiger partial charge in [-0.25, -0.2) is 18.4 Å². The first-order valence-corrected chi connectivity index (χ1v) is 10.6. The Balaban J connectivity index is 1.62. The summed E-state index contributed by atoms with van der Waals surface area (Å²) in [5.74, 6) is 2.13. The largest absolute Gasteiger partial charge is 0.295 e. The van der Waals surface area contributed by atoms with Gasteiger partial charge in [-0.3, -0.25) is 4.90 Å². The Morgan fingerprint density at radius 2 is 1.83 bits per heavy atom. The van der Waals surface area contributed by atoms with Gasteiger partial charge < -0.3 is 0 Å². The normalized spacial score (nSPS) is 25.0. The van der Waals surface area contributed by atoms with Crippen LogP contribution in [0.5, 0.6) is 0 Å². The first-order chi connectivity index (χ1) is 11.1. The maximum Gasteiger partial charge on any atom is 0.151 e. The van der Waals surface area contributed by atoms with Crippen LogP contribution in [0.4, 0.5) is 0 Å². The lowest BCUT2D eigenvalue weighted by atomic mass is 9.89. The molecule has 0 radical (unpaired) electrons. The molecule has 5 nitrogen and oxygen atoms in total. The van der Waals surface area contributed by atoms with Crippen LogP contribution >= 0.6 is 0 Å². The molecule has 0 spiro atoms. The number of rotatable bonds is 5. The molecule has 0 bridgehead atoms. The standard InChI is InChI=1S/C17H27N3O2S/c1-2-20(16-8-9-23(21,22)13-16)12-14-10-18-17(19-11-14)15-6-4-3-5-7-15/h10-11,15-16H,2-9,12-13H2,1H3. The highest BCUT2D eigenvalue weighted by atomic mass is 32.2. The Kier molecular flexibility index (Phi) is 5.31. The van der Waals surface area contributed by atoms with E-state index in [-0.39, 0.29) is 6.04 Å². The van der Waals surface area contributed by atoms with Crippen LogP contribution in [-0.4, -0.2) is 47.4 Å². The van der Waals surface area contributed by atoms with Gasteiger partial charge in [-0.15, -0.1) is 0 Å². The molecule has 2 fully saturated rings. The van der Waals surface area contributed by atoms with Crippen molar-refractivity contribution < 1.29 is 8.42 Å². The molecule has 1 atom stereocenters. The zero-order valence-corrected chi connectivity index (χ0v) is 14.8. The number of hydrogen-bond acceptors (Lipinski definition) is 5. The average molecular weight is 337 g/mol. The quantitative estimate of drug-likeness (QED) is 0.826. The monoisotopic (exact) mass is 337 g/mol. The number of nitrogens with zero attached hydrogens (tertiary/aromatic N) is 3. The molecule has 1 aliphatic heterocycles. The van der Waals surface area contributed by atoms with Gasteiger partial charge >= 0.3 is 0 Å². The molecular weight excluding hydrogens is 310 g/mol. The van der Waals surface area contributed by atoms with E-state index in [4.69, 9.17) is 0 Å². The van der Waals surface area contributed by atoms with Crippen LogP contribution < -0.4 is 0 Å². The van der Waals surface area contributed by atoms with Gasteiger partial charge in [-0.2, -0.15) is 0 Å². The van der Waals surface area contributed by atoms with Crippen LogP contribution in [0, 0.1) is 0 Å². The maximum absolute atomic E-state index is 11.7. The van der Waals surface area contributed by atoms with Crippen LogP contribution in [0.1, 0.15) is 62.8 Å². The minimum atomic E-state index is -2.84. The average Bonchev–Trinajstić information content (AvgIpc) is 2.94. The van der Waals surface area contributed by atoms with E-state index in [9.17, 15) is 8.42 Å². The van der Waals surface area contributed by atoms with Gasteiger partial charge in [0, 0.05) is 36.5 Å². The highest BCUT2D eigenvalue weighted by Crippen LogP contribution is 2.30. The Morgan fingerprint density at radius 3 is 2.39 bits per heavy atom. The van der Waals surface area contributed by atoms with Crippen molar-refractivity contribution in [1.29, 1.82) is 0 Å². The highest BCUT2D eigenvalue weighted by Gasteiger charge is 2.31. The molecule has 1 saturated heterocycles. The smallest absolute Gasteiger partial charge is 0.151 e. The molecule has 1 unspecified atom stereocenters. The summed E-state index contributed by atoms with van der Waals surface area (Å²) in [5, 5.41) is 0. The van der Waals surface area contributed by atoms with Gasteiger partial charge in [0.2, 0.25) is 0 Å². The maximum atomic E-state index is 11.7. The molecule has 2 aliphatic rings. The van der Waals surface area contributed by atoms with E-state index in [1.807, 2.05) is 12.4 Å². The molecule has 0 aromatic carbocycles. The molecule has 128 valence electrons. The Hall–Kier alpha value is -1.01. The van der Waals surface area contributed by atoms with Crippen molar-refractivity contribution in [2.75, 3.05) is 18.1 Å². The van der Waals surface area contributed by atoms with Crippen LogP contribution in [0.25, 0.3) is 0 Å². The van der Waals surface area contributed by atoms with Crippen molar-refractivity contribution in [1.82, 2.24) is 14.9 Å². The van der Waals surface area contributed by atoms with E-state index in [2.05, 4.69) is 21.8 Å². The molecule has 1 aliphatic carbocycles. The van der Waals surface area contributed by atoms with Crippen molar-refractivity contribution in [2.24, 2.45) is 0 Å². The van der Waals surface area contributed by atoms with Gasteiger partial charge in [0.25, 0.3) is 0 Å². The lowest BCUT2D eigenvalue weighted by Gasteiger charge is -2.26. The summed E-state index contributed by atoms with van der Waals surface area (Å²) in [6, 6.07) is 0.142. The molecule has 3 rings (SSSR count). The molecule has 0 amide bonds. The third-order valence-corrected chi connectivity index (χ3v) is 6.96. The van der Waals surface area contributed by atoms with Crippen LogP contribution in [0.15, 0.2) is 12.4 Å². The summed E-state index contributed by atoms with van der Waals surface area (Å²) in [5.41, 5.74) is 1.08. The van der Waals surface area contributed by atoms with E-state index >= 15 is 0 Å². The SMILES string of the molecule is CCN(Cc1cnc(C2CCCCC2)nc1)C1CCS(=O)(=O)C1. The van der Waals surface area contributed by atoms with Crippen molar-refractivity contribution in [3.05, 3.63) is 23.8 Å². The topological polar surface area (TPSA) is 63.2 Å². The van der Waals surface area contributed by atoms with Crippen molar-refractivity contribution in [3.8, 4) is 0 Å². The van der Waals surface area contributed by atoms with Gasteiger partial charge in [0.05, 0.1) is 11.5 Å². The first kappa shape index (κ1) is 16.8. The van der Waals surface area contributed by atoms with Crippen molar-refractivity contribution >= 4 is 9.84 Å². The zero-order chi connectivity index (χ0) is 16.3.